The Balaban J connectivity index is 0.00000166. The lowest BCUT2D eigenvalue weighted by molar-refractivity contribution is -0.253. The molecule has 0 aromatic carbocycles. The summed E-state index contributed by atoms with van der Waals surface area (Å²) in [4.78, 5) is 2.53. The minimum absolute atomic E-state index is 0.00590. The van der Waals surface area contributed by atoms with Crippen LogP contribution in [0.5, 0.6) is 0 Å². The molecule has 0 bridgehead atoms. The molecule has 5 aliphatic carbocycles. The molecule has 3 saturated heterocycles. The van der Waals surface area contributed by atoms with Crippen molar-refractivity contribution in [2.24, 2.45) is 50.5 Å². The molecule has 5 saturated carbocycles. The minimum atomic E-state index is -0.884. The molecule has 264 valence electrons. The van der Waals surface area contributed by atoms with Gasteiger partial charge in [-0.05, 0) is 123 Å². The van der Waals surface area contributed by atoms with E-state index in [1.807, 2.05) is 13.8 Å². The van der Waals surface area contributed by atoms with Gasteiger partial charge in [0, 0.05) is 25.8 Å². The van der Waals surface area contributed by atoms with Crippen molar-refractivity contribution in [1.82, 2.24) is 9.62 Å². The van der Waals surface area contributed by atoms with E-state index in [1.165, 1.54) is 57.8 Å². The second-order valence-corrected chi connectivity index (χ2v) is 18.3. The van der Waals surface area contributed by atoms with Crippen LogP contribution in [0.2, 0.25) is 0 Å². The zero-order chi connectivity index (χ0) is 32.7. The lowest BCUT2D eigenvalue weighted by atomic mass is 9.46. The number of morpholine rings is 1. The Morgan fingerprint density at radius 3 is 2.43 bits per heavy atom. The molecule has 8 rings (SSSR count). The maximum Gasteiger partial charge on any atom is 0.170 e. The van der Waals surface area contributed by atoms with Crippen molar-refractivity contribution in [2.75, 3.05) is 40.0 Å². The second-order valence-electron chi connectivity index (χ2n) is 17.8. The average molecular weight is 666 g/mol. The Kier molecular flexibility index (Phi) is 9.24. The molecule has 2 spiro atoms. The summed E-state index contributed by atoms with van der Waals surface area (Å²) in [6.45, 7) is 15.8. The van der Waals surface area contributed by atoms with E-state index in [-0.39, 0.29) is 30.0 Å². The van der Waals surface area contributed by atoms with Crippen LogP contribution in [0.4, 0.5) is 0 Å². The molecular formula is C36H63N3O6S. The van der Waals surface area contributed by atoms with Crippen molar-refractivity contribution in [3.8, 4) is 0 Å². The second kappa shape index (κ2) is 12.3. The molecule has 9 nitrogen and oxygen atoms in total. The first-order valence-electron chi connectivity index (χ1n) is 18.5. The van der Waals surface area contributed by atoms with Crippen LogP contribution in [0, 0.1) is 45.3 Å². The van der Waals surface area contributed by atoms with E-state index in [9.17, 15) is 5.11 Å². The lowest BCUT2D eigenvalue weighted by Gasteiger charge is -2.60. The van der Waals surface area contributed by atoms with E-state index in [2.05, 4.69) is 30.4 Å². The first-order chi connectivity index (χ1) is 21.9. The molecule has 8 fully saturated rings. The maximum atomic E-state index is 10.9. The normalized spacial score (nSPS) is 48.7. The molecular weight excluding hydrogens is 602 g/mol. The number of nitrogens with one attached hydrogen (secondary N) is 1. The lowest BCUT2D eigenvalue weighted by Crippen LogP contribution is -2.58. The predicted molar refractivity (Wildman–Crippen MR) is 179 cm³/mol. The van der Waals surface area contributed by atoms with E-state index in [1.54, 1.807) is 0 Å². The van der Waals surface area contributed by atoms with E-state index in [0.29, 0.717) is 34.3 Å². The van der Waals surface area contributed by atoms with Crippen LogP contribution in [0.3, 0.4) is 0 Å². The molecule has 0 amide bonds. The van der Waals surface area contributed by atoms with Crippen LogP contribution in [0.25, 0.3) is 0 Å². The highest BCUT2D eigenvalue weighted by atomic mass is 32.2. The molecule has 0 aromatic rings. The number of hydrogen-bond acceptors (Lipinski definition) is 10. The summed E-state index contributed by atoms with van der Waals surface area (Å²) in [6.07, 6.45) is 13.3. The predicted octanol–water partition coefficient (Wildman–Crippen LogP) is 4.49. The number of rotatable bonds is 7. The Hall–Kier alpha value is -0.0100. The number of ether oxygens (including phenoxy) is 4. The molecule has 3 heterocycles. The molecule has 0 aromatic heterocycles. The summed E-state index contributed by atoms with van der Waals surface area (Å²) in [6, 6.07) is 0.378. The third kappa shape index (κ3) is 5.20. The molecule has 12 atom stereocenters. The zero-order valence-corrected chi connectivity index (χ0v) is 30.2. The van der Waals surface area contributed by atoms with Crippen molar-refractivity contribution < 1.29 is 29.2 Å². The largest absolute Gasteiger partial charge is 0.400 e. The first-order valence-corrected chi connectivity index (χ1v) is 19.3. The van der Waals surface area contributed by atoms with Gasteiger partial charge in [-0.3, -0.25) is 10.0 Å². The van der Waals surface area contributed by atoms with Crippen LogP contribution in [0.1, 0.15) is 98.8 Å². The number of nitrogens with two attached hydrogens (primary N) is 1. The Bertz CT molecular complexity index is 1100. The van der Waals surface area contributed by atoms with E-state index < -0.39 is 5.60 Å². The standard InChI is InChI=1S/C35H59N3O5S.CH4O/c1-31(2)27-9-7-22-24-16-26-23(6-8-25(42-26)30(37-44-36)32(3,4)39)33(24,5)12-13-34(22)20-35(27,34)11-10-28(31)43-29-17-38(14-15-41-29)21-18-40-19-21;1-2/h21-30,37,39H,6-20,36H2,1-5H3;2H,1H3/t22?,23-,24?,25?,26?,27-,28-,29?,30-,33?,34?,35?;/m0./s1. The molecule has 8 aliphatic rings. The summed E-state index contributed by atoms with van der Waals surface area (Å²) < 4.78 is 28.8. The number of nitrogens with zero attached hydrogens (tertiary/aromatic N) is 1. The molecule has 46 heavy (non-hydrogen) atoms. The van der Waals surface area contributed by atoms with Gasteiger partial charge < -0.3 is 29.2 Å². The highest BCUT2D eigenvalue weighted by Gasteiger charge is 2.80. The van der Waals surface area contributed by atoms with Gasteiger partial charge in [0.05, 0.1) is 62.4 Å². The van der Waals surface area contributed by atoms with Gasteiger partial charge in [0.1, 0.15) is 0 Å². The fourth-order valence-electron chi connectivity index (χ4n) is 13.2. The van der Waals surface area contributed by atoms with Gasteiger partial charge in [-0.25, -0.2) is 4.72 Å². The average Bonchev–Trinajstić information content (AvgIpc) is 3.57. The number of aliphatic hydroxyl groups excluding tert-OH is 1. The Labute approximate surface area is 282 Å². The maximum absolute atomic E-state index is 10.9. The van der Waals surface area contributed by atoms with Gasteiger partial charge in [0.25, 0.3) is 0 Å². The van der Waals surface area contributed by atoms with E-state index in [0.717, 1.165) is 76.3 Å². The molecule has 10 heteroatoms. The topological polar surface area (TPSA) is 119 Å². The molecule has 0 radical (unpaired) electrons. The third-order valence-electron chi connectivity index (χ3n) is 15.4. The number of fused-ring (bicyclic) bond motifs is 4. The summed E-state index contributed by atoms with van der Waals surface area (Å²) in [5.74, 6) is 2.98. The highest BCUT2D eigenvalue weighted by molar-refractivity contribution is 7.95. The van der Waals surface area contributed by atoms with Crippen molar-refractivity contribution in [1.29, 1.82) is 0 Å². The fourth-order valence-corrected chi connectivity index (χ4v) is 13.7. The van der Waals surface area contributed by atoms with Crippen LogP contribution in [0.15, 0.2) is 0 Å². The molecule has 3 aliphatic heterocycles. The third-order valence-corrected chi connectivity index (χ3v) is 15.8. The summed E-state index contributed by atoms with van der Waals surface area (Å²) in [5.41, 5.74) is 0.706. The van der Waals surface area contributed by atoms with Crippen molar-refractivity contribution in [2.45, 2.75) is 141 Å². The fraction of sp³-hybridized carbons (Fsp3) is 1.00. The van der Waals surface area contributed by atoms with Gasteiger partial charge in [-0.2, -0.15) is 0 Å². The summed E-state index contributed by atoms with van der Waals surface area (Å²) >= 11 is 1.11. The summed E-state index contributed by atoms with van der Waals surface area (Å²) in [7, 11) is 1.00. The van der Waals surface area contributed by atoms with Gasteiger partial charge >= 0.3 is 0 Å². The minimum Gasteiger partial charge on any atom is -0.400 e. The summed E-state index contributed by atoms with van der Waals surface area (Å²) in [5, 5.41) is 23.7. The van der Waals surface area contributed by atoms with Crippen LogP contribution in [-0.4, -0.2) is 97.4 Å². The molecule has 8 unspecified atom stereocenters. The zero-order valence-electron chi connectivity index (χ0n) is 29.3. The monoisotopic (exact) mass is 665 g/mol. The quantitative estimate of drug-likeness (QED) is 0.290. The van der Waals surface area contributed by atoms with Gasteiger partial charge in [-0.1, -0.05) is 20.8 Å². The SMILES string of the molecule is CC(C)(O)[C@@H](NSN)C1CC[C@H]2C(CC3C4CC[C@H]5C(C)(C)[C@@H](OC6CN(C7COC7)CCO6)CCC56CC46CCC32C)O1.CO. The van der Waals surface area contributed by atoms with Crippen molar-refractivity contribution in [3.63, 3.8) is 0 Å². The smallest absolute Gasteiger partial charge is 0.170 e. The van der Waals surface area contributed by atoms with E-state index in [4.69, 9.17) is 29.2 Å². The highest BCUT2D eigenvalue weighted by Crippen LogP contribution is 2.87. The van der Waals surface area contributed by atoms with E-state index >= 15 is 0 Å². The molecule has 5 N–H and O–H groups in total. The van der Waals surface area contributed by atoms with Gasteiger partial charge in [0.15, 0.2) is 6.29 Å². The van der Waals surface area contributed by atoms with Crippen molar-refractivity contribution >= 4 is 12.1 Å². The van der Waals surface area contributed by atoms with Crippen LogP contribution >= 0.6 is 12.1 Å². The van der Waals surface area contributed by atoms with Crippen LogP contribution < -0.4 is 9.86 Å². The Morgan fingerprint density at radius 1 is 0.978 bits per heavy atom. The van der Waals surface area contributed by atoms with Crippen molar-refractivity contribution in [3.05, 3.63) is 0 Å². The number of aliphatic hydroxyl groups is 2. The van der Waals surface area contributed by atoms with Gasteiger partial charge in [-0.15, -0.1) is 0 Å². The number of hydrogen-bond donors (Lipinski definition) is 4. The Morgan fingerprint density at radius 2 is 1.74 bits per heavy atom. The van der Waals surface area contributed by atoms with Crippen LogP contribution in [-0.2, 0) is 18.9 Å². The first kappa shape index (κ1) is 34.4. The van der Waals surface area contributed by atoms with Gasteiger partial charge in [0.2, 0.25) is 0 Å².